The molecule has 0 saturated heterocycles. The zero-order valence-corrected chi connectivity index (χ0v) is 10.2. The van der Waals surface area contributed by atoms with Gasteiger partial charge in [-0.1, -0.05) is 6.58 Å². The lowest BCUT2D eigenvalue weighted by Gasteiger charge is -2.04. The number of esters is 1. The molecule has 0 spiro atoms. The molecule has 76 valence electrons. The largest absolute Gasteiger partial charge is 0.461 e. The third-order valence-electron chi connectivity index (χ3n) is 1.53. The van der Waals surface area contributed by atoms with Gasteiger partial charge in [0.1, 0.15) is 3.70 Å². The number of rotatable bonds is 3. The number of ether oxygens (including phenoxy) is 1. The molecule has 1 heterocycles. The van der Waals surface area contributed by atoms with E-state index >= 15 is 0 Å². The molecule has 0 aromatic carbocycles. The van der Waals surface area contributed by atoms with E-state index in [1.54, 1.807) is 19.9 Å². The second-order valence-corrected chi connectivity index (χ2v) is 3.83. The molecule has 0 saturated carbocycles. The summed E-state index contributed by atoms with van der Waals surface area (Å²) in [6.45, 7) is 7.64. The Morgan fingerprint density at radius 2 is 2.43 bits per heavy atom. The van der Waals surface area contributed by atoms with Gasteiger partial charge in [-0.25, -0.2) is 9.48 Å². The molecule has 1 aromatic rings. The van der Waals surface area contributed by atoms with Crippen LogP contribution >= 0.6 is 22.6 Å². The Bertz CT molecular complexity index is 371. The summed E-state index contributed by atoms with van der Waals surface area (Å²) >= 11 is 2.04. The van der Waals surface area contributed by atoms with Crippen molar-refractivity contribution in [3.8, 4) is 0 Å². The molecule has 0 amide bonds. The summed E-state index contributed by atoms with van der Waals surface area (Å²) < 4.78 is 7.12. The SMILES string of the molecule is C=C(C)n1nc(I)cc1C(=O)OCC. The van der Waals surface area contributed by atoms with Gasteiger partial charge in [0, 0.05) is 11.8 Å². The van der Waals surface area contributed by atoms with Gasteiger partial charge in [0.05, 0.1) is 6.61 Å². The van der Waals surface area contributed by atoms with Crippen LogP contribution in [-0.4, -0.2) is 22.4 Å². The van der Waals surface area contributed by atoms with Crippen LogP contribution in [0.15, 0.2) is 12.6 Å². The predicted octanol–water partition coefficient (Wildman–Crippen LogP) is 2.16. The third-order valence-corrected chi connectivity index (χ3v) is 2.05. The van der Waals surface area contributed by atoms with E-state index in [0.29, 0.717) is 18.0 Å². The van der Waals surface area contributed by atoms with Crippen LogP contribution in [0.3, 0.4) is 0 Å². The first-order chi connectivity index (χ1) is 6.56. The molecule has 0 bridgehead atoms. The first-order valence-corrected chi connectivity index (χ1v) is 5.22. The summed E-state index contributed by atoms with van der Waals surface area (Å²) in [5.74, 6) is -0.370. The Labute approximate surface area is 96.1 Å². The Balaban J connectivity index is 3.06. The van der Waals surface area contributed by atoms with Crippen LogP contribution in [0.1, 0.15) is 24.3 Å². The molecule has 14 heavy (non-hydrogen) atoms. The number of aromatic nitrogens is 2. The van der Waals surface area contributed by atoms with Gasteiger partial charge in [-0.2, -0.15) is 5.10 Å². The van der Waals surface area contributed by atoms with Crippen molar-refractivity contribution in [3.05, 3.63) is 22.0 Å². The van der Waals surface area contributed by atoms with Gasteiger partial charge >= 0.3 is 5.97 Å². The van der Waals surface area contributed by atoms with E-state index in [1.165, 1.54) is 4.68 Å². The highest BCUT2D eigenvalue weighted by Crippen LogP contribution is 2.12. The molecule has 0 N–H and O–H groups in total. The first-order valence-electron chi connectivity index (χ1n) is 4.14. The van der Waals surface area contributed by atoms with E-state index in [0.717, 1.165) is 3.70 Å². The average Bonchev–Trinajstić information content (AvgIpc) is 2.48. The third kappa shape index (κ3) is 2.34. The van der Waals surface area contributed by atoms with Gasteiger partial charge in [-0.3, -0.25) is 0 Å². The van der Waals surface area contributed by atoms with E-state index in [2.05, 4.69) is 11.7 Å². The van der Waals surface area contributed by atoms with Gasteiger partial charge in [0.15, 0.2) is 5.69 Å². The van der Waals surface area contributed by atoms with Crippen molar-refractivity contribution in [3.63, 3.8) is 0 Å². The Morgan fingerprint density at radius 1 is 1.79 bits per heavy atom. The van der Waals surface area contributed by atoms with Crippen LogP contribution in [0, 0.1) is 3.70 Å². The molecule has 0 fully saturated rings. The lowest BCUT2D eigenvalue weighted by molar-refractivity contribution is 0.0516. The van der Waals surface area contributed by atoms with Gasteiger partial charge in [0.25, 0.3) is 0 Å². The summed E-state index contributed by atoms with van der Waals surface area (Å²) in [5, 5.41) is 4.12. The number of nitrogens with zero attached hydrogens (tertiary/aromatic N) is 2. The minimum absolute atomic E-state index is 0.358. The lowest BCUT2D eigenvalue weighted by Crippen LogP contribution is -2.11. The molecule has 1 aromatic heterocycles. The molecule has 0 aliphatic heterocycles. The highest BCUT2D eigenvalue weighted by atomic mass is 127. The van der Waals surface area contributed by atoms with Crippen molar-refractivity contribution in [2.24, 2.45) is 0 Å². The van der Waals surface area contributed by atoms with Crippen molar-refractivity contribution in [2.45, 2.75) is 13.8 Å². The van der Waals surface area contributed by atoms with Gasteiger partial charge in [0.2, 0.25) is 0 Å². The number of carbonyl (C=O) groups excluding carboxylic acids is 1. The molecule has 0 aliphatic rings. The maximum Gasteiger partial charge on any atom is 0.357 e. The smallest absolute Gasteiger partial charge is 0.357 e. The second-order valence-electron chi connectivity index (χ2n) is 2.72. The van der Waals surface area contributed by atoms with Crippen LogP contribution in [0.5, 0.6) is 0 Å². The van der Waals surface area contributed by atoms with Crippen molar-refractivity contribution >= 4 is 34.3 Å². The predicted molar refractivity (Wildman–Crippen MR) is 61.9 cm³/mol. The maximum atomic E-state index is 11.5. The summed E-state index contributed by atoms with van der Waals surface area (Å²) in [5.41, 5.74) is 1.11. The quantitative estimate of drug-likeness (QED) is 0.635. The number of hydrogen-bond donors (Lipinski definition) is 0. The zero-order chi connectivity index (χ0) is 10.7. The fourth-order valence-electron chi connectivity index (χ4n) is 0.994. The topological polar surface area (TPSA) is 44.1 Å². The molecule has 0 atom stereocenters. The fraction of sp³-hybridized carbons (Fsp3) is 0.333. The summed E-state index contributed by atoms with van der Waals surface area (Å²) in [6, 6.07) is 1.67. The van der Waals surface area contributed by atoms with Gasteiger partial charge < -0.3 is 4.74 Å². The molecule has 1 rings (SSSR count). The van der Waals surface area contributed by atoms with Crippen LogP contribution in [-0.2, 0) is 4.74 Å². The minimum Gasteiger partial charge on any atom is -0.461 e. The molecule has 0 aliphatic carbocycles. The highest BCUT2D eigenvalue weighted by Gasteiger charge is 2.15. The lowest BCUT2D eigenvalue weighted by atomic mass is 10.4. The van der Waals surface area contributed by atoms with Crippen LogP contribution < -0.4 is 0 Å². The number of halogens is 1. The number of carbonyl (C=O) groups is 1. The Kier molecular flexibility index (Phi) is 3.68. The fourth-order valence-corrected chi connectivity index (χ4v) is 1.50. The Hall–Kier alpha value is -0.850. The molecule has 0 radical (unpaired) electrons. The molecule has 4 nitrogen and oxygen atoms in total. The highest BCUT2D eigenvalue weighted by molar-refractivity contribution is 14.1. The number of hydrogen-bond acceptors (Lipinski definition) is 3. The van der Waals surface area contributed by atoms with Crippen molar-refractivity contribution < 1.29 is 9.53 Å². The summed E-state index contributed by atoms with van der Waals surface area (Å²) in [4.78, 5) is 11.5. The monoisotopic (exact) mass is 306 g/mol. The molecule has 5 heteroatoms. The maximum absolute atomic E-state index is 11.5. The summed E-state index contributed by atoms with van der Waals surface area (Å²) in [7, 11) is 0. The van der Waals surface area contributed by atoms with Crippen molar-refractivity contribution in [2.75, 3.05) is 6.61 Å². The van der Waals surface area contributed by atoms with E-state index in [4.69, 9.17) is 4.74 Å². The minimum atomic E-state index is -0.370. The van der Waals surface area contributed by atoms with Crippen LogP contribution in [0.2, 0.25) is 0 Å². The molecule has 0 unspecified atom stereocenters. The van der Waals surface area contributed by atoms with E-state index in [9.17, 15) is 4.79 Å². The number of allylic oxidation sites excluding steroid dienone is 1. The van der Waals surface area contributed by atoms with Crippen molar-refractivity contribution in [1.82, 2.24) is 9.78 Å². The van der Waals surface area contributed by atoms with Gasteiger partial charge in [-0.15, -0.1) is 0 Å². The van der Waals surface area contributed by atoms with E-state index in [1.807, 2.05) is 22.6 Å². The van der Waals surface area contributed by atoms with Gasteiger partial charge in [-0.05, 0) is 36.4 Å². The first kappa shape index (κ1) is 11.2. The second kappa shape index (κ2) is 4.59. The van der Waals surface area contributed by atoms with Crippen LogP contribution in [0.4, 0.5) is 0 Å². The summed E-state index contributed by atoms with van der Waals surface area (Å²) in [6.07, 6.45) is 0. The Morgan fingerprint density at radius 3 is 2.93 bits per heavy atom. The zero-order valence-electron chi connectivity index (χ0n) is 8.08. The normalized spacial score (nSPS) is 9.93. The van der Waals surface area contributed by atoms with E-state index in [-0.39, 0.29) is 5.97 Å². The van der Waals surface area contributed by atoms with Crippen LogP contribution in [0.25, 0.3) is 5.70 Å². The van der Waals surface area contributed by atoms with E-state index < -0.39 is 0 Å². The van der Waals surface area contributed by atoms with Crippen molar-refractivity contribution in [1.29, 1.82) is 0 Å². The molecular weight excluding hydrogens is 295 g/mol. The standard InChI is InChI=1S/C9H11IN2O2/c1-4-14-9(13)7-5-8(10)11-12(7)6(2)3/h5H,2,4H2,1,3H3. The average molecular weight is 306 g/mol. The molecular formula is C9H11IN2O2.